The summed E-state index contributed by atoms with van der Waals surface area (Å²) >= 11 is 0. The molecule has 5 aromatic rings. The van der Waals surface area contributed by atoms with Crippen molar-refractivity contribution >= 4 is 39.0 Å². The fourth-order valence-corrected chi connectivity index (χ4v) is 5.92. The van der Waals surface area contributed by atoms with Gasteiger partial charge in [0, 0.05) is 34.7 Å². The van der Waals surface area contributed by atoms with E-state index in [1.54, 1.807) is 54.9 Å². The molecule has 1 aliphatic carbocycles. The standard InChI is InChI=1S/C28H27N7O4S/c1-16(2)31-28-34-33-27(39-28)19-8-11-24-21(12-19)22(14-35(24)40(37,38)20-9-4-17(3)5-10-20)26-29-13-23(30-15-36)25(32-26)18-6-7-18/h4-5,8-16,18H,6-7H2,1-3H3,(H,30,36)(H,31,34). The molecule has 1 amide bonds. The van der Waals surface area contributed by atoms with Gasteiger partial charge in [-0.15, -0.1) is 5.10 Å². The minimum Gasteiger partial charge on any atom is -0.403 e. The molecule has 0 radical (unpaired) electrons. The number of hydrogen-bond acceptors (Lipinski definition) is 9. The number of carbonyl (C=O) groups is 1. The van der Waals surface area contributed by atoms with E-state index in [0.29, 0.717) is 46.0 Å². The van der Waals surface area contributed by atoms with Crippen molar-refractivity contribution in [3.63, 3.8) is 0 Å². The van der Waals surface area contributed by atoms with Crippen molar-refractivity contribution in [2.24, 2.45) is 0 Å². The monoisotopic (exact) mass is 557 g/mol. The highest BCUT2D eigenvalue weighted by molar-refractivity contribution is 7.90. The van der Waals surface area contributed by atoms with Crippen LogP contribution in [0.15, 0.2) is 64.2 Å². The first kappa shape index (κ1) is 25.7. The van der Waals surface area contributed by atoms with Crippen LogP contribution >= 0.6 is 0 Å². The number of amides is 1. The second kappa shape index (κ2) is 9.87. The van der Waals surface area contributed by atoms with E-state index < -0.39 is 10.0 Å². The van der Waals surface area contributed by atoms with Crippen molar-refractivity contribution in [3.8, 4) is 22.8 Å². The summed E-state index contributed by atoms with van der Waals surface area (Å²) in [4.78, 5) is 20.6. The number of aryl methyl sites for hydroxylation is 1. The van der Waals surface area contributed by atoms with Gasteiger partial charge in [-0.25, -0.2) is 22.4 Å². The summed E-state index contributed by atoms with van der Waals surface area (Å²) < 4.78 is 34.7. The number of anilines is 2. The number of hydrogen-bond donors (Lipinski definition) is 2. The van der Waals surface area contributed by atoms with Crippen LogP contribution < -0.4 is 10.6 Å². The molecular formula is C28H27N7O4S. The number of fused-ring (bicyclic) bond motifs is 1. The van der Waals surface area contributed by atoms with Crippen LogP contribution in [0.1, 0.15) is 43.9 Å². The van der Waals surface area contributed by atoms with Crippen molar-refractivity contribution in [3.05, 3.63) is 66.1 Å². The van der Waals surface area contributed by atoms with E-state index in [0.717, 1.165) is 24.1 Å². The van der Waals surface area contributed by atoms with E-state index >= 15 is 0 Å². The molecule has 11 nitrogen and oxygen atoms in total. The van der Waals surface area contributed by atoms with Gasteiger partial charge < -0.3 is 15.1 Å². The van der Waals surface area contributed by atoms with Gasteiger partial charge >= 0.3 is 6.01 Å². The van der Waals surface area contributed by atoms with Gasteiger partial charge in [0.15, 0.2) is 5.82 Å². The second-order valence-corrected chi connectivity index (χ2v) is 11.9. The second-order valence-electron chi connectivity index (χ2n) is 10.1. The van der Waals surface area contributed by atoms with E-state index in [4.69, 9.17) is 9.40 Å². The van der Waals surface area contributed by atoms with Crippen molar-refractivity contribution < 1.29 is 17.6 Å². The van der Waals surface area contributed by atoms with Crippen molar-refractivity contribution in [1.82, 2.24) is 24.1 Å². The largest absolute Gasteiger partial charge is 0.403 e. The average molecular weight is 558 g/mol. The quantitative estimate of drug-likeness (QED) is 0.240. The average Bonchev–Trinajstić information content (AvgIpc) is 3.55. The molecule has 0 bridgehead atoms. The highest BCUT2D eigenvalue weighted by Crippen LogP contribution is 2.43. The summed E-state index contributed by atoms with van der Waals surface area (Å²) in [6.07, 6.45) is 5.63. The Hall–Kier alpha value is -4.58. The lowest BCUT2D eigenvalue weighted by molar-refractivity contribution is -0.105. The molecule has 0 spiro atoms. The minimum atomic E-state index is -3.95. The third-order valence-electron chi connectivity index (χ3n) is 6.67. The first-order chi connectivity index (χ1) is 19.2. The highest BCUT2D eigenvalue weighted by atomic mass is 32.2. The Balaban J connectivity index is 1.54. The minimum absolute atomic E-state index is 0.109. The van der Waals surface area contributed by atoms with Crippen LogP contribution in [-0.4, -0.2) is 45.0 Å². The zero-order chi connectivity index (χ0) is 28.0. The fourth-order valence-electron chi connectivity index (χ4n) is 4.55. The molecule has 1 aliphatic rings. The predicted molar refractivity (Wildman–Crippen MR) is 150 cm³/mol. The summed E-state index contributed by atoms with van der Waals surface area (Å²) in [7, 11) is -3.95. The maximum Gasteiger partial charge on any atom is 0.315 e. The summed E-state index contributed by atoms with van der Waals surface area (Å²) in [6, 6.07) is 12.4. The van der Waals surface area contributed by atoms with Crippen LogP contribution in [0.3, 0.4) is 0 Å². The summed E-state index contributed by atoms with van der Waals surface area (Å²) in [5, 5.41) is 14.6. The third-order valence-corrected chi connectivity index (χ3v) is 8.36. The van der Waals surface area contributed by atoms with Gasteiger partial charge in [0.25, 0.3) is 10.0 Å². The zero-order valence-electron chi connectivity index (χ0n) is 22.1. The van der Waals surface area contributed by atoms with E-state index in [1.807, 2.05) is 20.8 Å². The molecule has 0 atom stereocenters. The molecule has 0 saturated heterocycles. The number of carbonyl (C=O) groups excluding carboxylic acids is 1. The van der Waals surface area contributed by atoms with E-state index in [9.17, 15) is 13.2 Å². The number of rotatable bonds is 9. The highest BCUT2D eigenvalue weighted by Gasteiger charge is 2.30. The lowest BCUT2D eigenvalue weighted by atomic mass is 10.1. The van der Waals surface area contributed by atoms with Gasteiger partial charge in [-0.2, -0.15) is 0 Å². The molecule has 2 N–H and O–H groups in total. The van der Waals surface area contributed by atoms with Gasteiger partial charge in [-0.3, -0.25) is 4.79 Å². The molecule has 12 heteroatoms. The van der Waals surface area contributed by atoms with Crippen molar-refractivity contribution in [2.45, 2.75) is 50.5 Å². The number of aromatic nitrogens is 5. The maximum atomic E-state index is 13.8. The van der Waals surface area contributed by atoms with Gasteiger partial charge in [-0.1, -0.05) is 22.8 Å². The summed E-state index contributed by atoms with van der Waals surface area (Å²) in [6.45, 7) is 5.83. The SMILES string of the molecule is Cc1ccc(S(=O)(=O)n2cc(-c3ncc(NC=O)c(C4CC4)n3)c3cc(-c4nnc(NC(C)C)o4)ccc32)cc1. The Bertz CT molecular complexity index is 1840. The topological polar surface area (TPSA) is 145 Å². The molecule has 6 rings (SSSR count). The Morgan fingerprint density at radius 3 is 2.58 bits per heavy atom. The number of nitrogens with zero attached hydrogens (tertiary/aromatic N) is 5. The fraction of sp³-hybridized carbons (Fsp3) is 0.250. The maximum absolute atomic E-state index is 13.8. The molecule has 0 unspecified atom stereocenters. The normalized spacial score (nSPS) is 13.6. The van der Waals surface area contributed by atoms with Crippen molar-refractivity contribution in [2.75, 3.05) is 10.6 Å². The molecule has 0 aliphatic heterocycles. The molecule has 1 saturated carbocycles. The lowest BCUT2D eigenvalue weighted by Gasteiger charge is -2.08. The van der Waals surface area contributed by atoms with Gasteiger partial charge in [0.1, 0.15) is 0 Å². The van der Waals surface area contributed by atoms with Gasteiger partial charge in [0.05, 0.1) is 28.0 Å². The first-order valence-electron chi connectivity index (χ1n) is 12.9. The number of nitrogens with one attached hydrogen (secondary N) is 2. The summed E-state index contributed by atoms with van der Waals surface area (Å²) in [5.74, 6) is 0.857. The van der Waals surface area contributed by atoms with E-state index in [-0.39, 0.29) is 22.7 Å². The molecule has 40 heavy (non-hydrogen) atoms. The van der Waals surface area contributed by atoms with Crippen LogP contribution in [0.5, 0.6) is 0 Å². The van der Waals surface area contributed by atoms with Gasteiger partial charge in [0.2, 0.25) is 12.3 Å². The third kappa shape index (κ3) is 4.70. The van der Waals surface area contributed by atoms with Crippen LogP contribution in [0.4, 0.5) is 11.7 Å². The van der Waals surface area contributed by atoms with Crippen LogP contribution in [0.2, 0.25) is 0 Å². The van der Waals surface area contributed by atoms with E-state index in [1.165, 1.54) is 3.97 Å². The molecule has 3 heterocycles. The van der Waals surface area contributed by atoms with Gasteiger partial charge in [-0.05, 0) is 63.9 Å². The molecular weight excluding hydrogens is 530 g/mol. The smallest absolute Gasteiger partial charge is 0.315 e. The lowest BCUT2D eigenvalue weighted by Crippen LogP contribution is -2.11. The number of benzene rings is 2. The van der Waals surface area contributed by atoms with Crippen LogP contribution in [0.25, 0.3) is 33.7 Å². The Kier molecular flexibility index (Phi) is 6.34. The van der Waals surface area contributed by atoms with Crippen LogP contribution in [0, 0.1) is 6.92 Å². The zero-order valence-corrected chi connectivity index (χ0v) is 22.9. The predicted octanol–water partition coefficient (Wildman–Crippen LogP) is 4.96. The Morgan fingerprint density at radius 1 is 1.10 bits per heavy atom. The first-order valence-corrected chi connectivity index (χ1v) is 14.3. The summed E-state index contributed by atoms with van der Waals surface area (Å²) in [5.41, 5.74) is 3.83. The Morgan fingerprint density at radius 2 is 1.88 bits per heavy atom. The Labute approximate surface area is 230 Å². The molecule has 204 valence electrons. The van der Waals surface area contributed by atoms with E-state index in [2.05, 4.69) is 25.8 Å². The van der Waals surface area contributed by atoms with Crippen LogP contribution in [-0.2, 0) is 14.8 Å². The molecule has 1 fully saturated rings. The van der Waals surface area contributed by atoms with Crippen molar-refractivity contribution in [1.29, 1.82) is 0 Å². The molecule has 2 aromatic carbocycles. The molecule has 3 aromatic heterocycles.